The van der Waals surface area contributed by atoms with Crippen molar-refractivity contribution in [2.45, 2.75) is 13.5 Å². The Hall–Kier alpha value is -2.20. The van der Waals surface area contributed by atoms with E-state index in [4.69, 9.17) is 9.47 Å². The lowest BCUT2D eigenvalue weighted by molar-refractivity contribution is 0.249. The first-order valence-electron chi connectivity index (χ1n) is 8.44. The predicted octanol–water partition coefficient (Wildman–Crippen LogP) is 3.33. The second-order valence-electron chi connectivity index (χ2n) is 6.27. The molecule has 1 saturated heterocycles. The molecule has 24 heavy (non-hydrogen) atoms. The zero-order valence-electron chi connectivity index (χ0n) is 14.8. The van der Waals surface area contributed by atoms with Gasteiger partial charge in [0.25, 0.3) is 0 Å². The first-order chi connectivity index (χ1) is 11.7. The van der Waals surface area contributed by atoms with E-state index in [1.807, 2.05) is 12.1 Å². The van der Waals surface area contributed by atoms with E-state index in [2.05, 4.69) is 47.1 Å². The van der Waals surface area contributed by atoms with Crippen LogP contribution in [-0.2, 0) is 6.54 Å². The number of ether oxygens (including phenoxy) is 2. The minimum absolute atomic E-state index is 0.910. The Balaban J connectivity index is 1.55. The van der Waals surface area contributed by atoms with E-state index in [0.29, 0.717) is 0 Å². The fourth-order valence-electron chi connectivity index (χ4n) is 3.25. The molecule has 1 aliphatic heterocycles. The zero-order chi connectivity index (χ0) is 16.9. The van der Waals surface area contributed by atoms with Gasteiger partial charge in [0, 0.05) is 38.4 Å². The fourth-order valence-corrected chi connectivity index (χ4v) is 3.25. The van der Waals surface area contributed by atoms with Crippen molar-refractivity contribution < 1.29 is 9.47 Å². The van der Waals surface area contributed by atoms with E-state index < -0.39 is 0 Å². The monoisotopic (exact) mass is 326 g/mol. The third-order valence-corrected chi connectivity index (χ3v) is 4.68. The molecule has 0 spiro atoms. The summed E-state index contributed by atoms with van der Waals surface area (Å²) in [5.74, 6) is 1.87. The molecule has 4 nitrogen and oxygen atoms in total. The van der Waals surface area contributed by atoms with Crippen molar-refractivity contribution >= 4 is 5.69 Å². The van der Waals surface area contributed by atoms with Crippen molar-refractivity contribution in [2.24, 2.45) is 0 Å². The van der Waals surface area contributed by atoms with Crippen LogP contribution in [0.4, 0.5) is 5.69 Å². The number of anilines is 1. The van der Waals surface area contributed by atoms with Crippen LogP contribution in [-0.4, -0.2) is 45.3 Å². The summed E-state index contributed by atoms with van der Waals surface area (Å²) in [5, 5.41) is 0. The first-order valence-corrected chi connectivity index (χ1v) is 8.44. The number of hydrogen-bond acceptors (Lipinski definition) is 4. The third kappa shape index (κ3) is 3.82. The molecule has 0 aliphatic carbocycles. The lowest BCUT2D eigenvalue weighted by Crippen LogP contribution is -2.45. The van der Waals surface area contributed by atoms with Gasteiger partial charge in [-0.1, -0.05) is 12.1 Å². The molecule has 0 aromatic heterocycles. The molecule has 0 unspecified atom stereocenters. The second kappa shape index (κ2) is 7.58. The Morgan fingerprint density at radius 3 is 2.17 bits per heavy atom. The van der Waals surface area contributed by atoms with E-state index in [1.54, 1.807) is 14.2 Å². The molecular formula is C20H26N2O2. The van der Waals surface area contributed by atoms with E-state index in [0.717, 1.165) is 44.2 Å². The van der Waals surface area contributed by atoms with Crippen LogP contribution >= 0.6 is 0 Å². The van der Waals surface area contributed by atoms with Gasteiger partial charge in [-0.05, 0) is 48.4 Å². The summed E-state index contributed by atoms with van der Waals surface area (Å²) in [4.78, 5) is 4.95. The first kappa shape index (κ1) is 16.7. The van der Waals surface area contributed by atoms with Gasteiger partial charge in [-0.25, -0.2) is 0 Å². The molecule has 2 aromatic rings. The largest absolute Gasteiger partial charge is 0.497 e. The number of piperazine rings is 1. The van der Waals surface area contributed by atoms with Crippen molar-refractivity contribution in [3.05, 3.63) is 53.6 Å². The average molecular weight is 326 g/mol. The van der Waals surface area contributed by atoms with Crippen LogP contribution in [0.2, 0.25) is 0 Å². The van der Waals surface area contributed by atoms with Crippen LogP contribution in [0.25, 0.3) is 0 Å². The van der Waals surface area contributed by atoms with Crippen LogP contribution < -0.4 is 14.4 Å². The van der Waals surface area contributed by atoms with Gasteiger partial charge in [0.15, 0.2) is 0 Å². The number of methoxy groups -OCH3 is 2. The summed E-state index contributed by atoms with van der Waals surface area (Å²) in [6.45, 7) is 7.38. The zero-order valence-corrected chi connectivity index (χ0v) is 14.8. The summed E-state index contributed by atoms with van der Waals surface area (Å²) in [6.07, 6.45) is 0. The maximum Gasteiger partial charge on any atom is 0.121 e. The van der Waals surface area contributed by atoms with Gasteiger partial charge >= 0.3 is 0 Å². The summed E-state index contributed by atoms with van der Waals surface area (Å²) in [5.41, 5.74) is 3.83. The Labute approximate surface area is 144 Å². The molecule has 0 amide bonds. The quantitative estimate of drug-likeness (QED) is 0.841. The molecule has 4 heteroatoms. The molecular weight excluding hydrogens is 300 g/mol. The van der Waals surface area contributed by atoms with Gasteiger partial charge in [-0.15, -0.1) is 0 Å². The van der Waals surface area contributed by atoms with Gasteiger partial charge in [-0.3, -0.25) is 4.90 Å². The molecule has 1 aliphatic rings. The molecule has 1 heterocycles. The molecule has 2 aromatic carbocycles. The Morgan fingerprint density at radius 2 is 1.58 bits per heavy atom. The van der Waals surface area contributed by atoms with E-state index >= 15 is 0 Å². The standard InChI is InChI=1S/C20H26N2O2/c1-16-14-17(4-9-20(16)24-3)15-21-10-12-22(13-11-21)18-5-7-19(23-2)8-6-18/h4-9,14H,10-13,15H2,1-3H3. The van der Waals surface area contributed by atoms with Crippen LogP contribution in [0.15, 0.2) is 42.5 Å². The lowest BCUT2D eigenvalue weighted by Gasteiger charge is -2.36. The number of benzene rings is 2. The van der Waals surface area contributed by atoms with Crippen LogP contribution in [0.5, 0.6) is 11.5 Å². The Bertz CT molecular complexity index is 662. The summed E-state index contributed by atoms with van der Waals surface area (Å²) < 4.78 is 10.6. The maximum atomic E-state index is 5.34. The normalized spacial score (nSPS) is 15.4. The smallest absolute Gasteiger partial charge is 0.121 e. The molecule has 0 saturated carbocycles. The lowest BCUT2D eigenvalue weighted by atomic mass is 10.1. The highest BCUT2D eigenvalue weighted by atomic mass is 16.5. The van der Waals surface area contributed by atoms with E-state index in [-0.39, 0.29) is 0 Å². The highest BCUT2D eigenvalue weighted by molar-refractivity contribution is 5.49. The van der Waals surface area contributed by atoms with Crippen molar-refractivity contribution in [3.63, 3.8) is 0 Å². The van der Waals surface area contributed by atoms with Crippen molar-refractivity contribution in [1.29, 1.82) is 0 Å². The number of nitrogens with zero attached hydrogens (tertiary/aromatic N) is 2. The molecule has 128 valence electrons. The minimum atomic E-state index is 0.910. The van der Waals surface area contributed by atoms with Gasteiger partial charge in [0.1, 0.15) is 11.5 Å². The molecule has 0 radical (unpaired) electrons. The second-order valence-corrected chi connectivity index (χ2v) is 6.27. The highest BCUT2D eigenvalue weighted by Gasteiger charge is 2.17. The van der Waals surface area contributed by atoms with E-state index in [1.165, 1.54) is 16.8 Å². The topological polar surface area (TPSA) is 24.9 Å². The third-order valence-electron chi connectivity index (χ3n) is 4.68. The highest BCUT2D eigenvalue weighted by Crippen LogP contribution is 2.22. The van der Waals surface area contributed by atoms with Crippen LogP contribution in [0, 0.1) is 6.92 Å². The number of aryl methyl sites for hydroxylation is 1. The van der Waals surface area contributed by atoms with Crippen molar-refractivity contribution in [1.82, 2.24) is 4.90 Å². The molecule has 0 atom stereocenters. The summed E-state index contributed by atoms with van der Waals surface area (Å²) in [7, 11) is 3.43. The molecule has 0 bridgehead atoms. The van der Waals surface area contributed by atoms with E-state index in [9.17, 15) is 0 Å². The minimum Gasteiger partial charge on any atom is -0.497 e. The van der Waals surface area contributed by atoms with Crippen molar-refractivity contribution in [3.8, 4) is 11.5 Å². The summed E-state index contributed by atoms with van der Waals surface area (Å²) >= 11 is 0. The average Bonchev–Trinajstić information content (AvgIpc) is 2.63. The van der Waals surface area contributed by atoms with Gasteiger partial charge in [0.05, 0.1) is 14.2 Å². The molecule has 3 rings (SSSR count). The fraction of sp³-hybridized carbons (Fsp3) is 0.400. The number of rotatable bonds is 5. The SMILES string of the molecule is COc1ccc(N2CCN(Cc3ccc(OC)c(C)c3)CC2)cc1. The van der Waals surface area contributed by atoms with Crippen LogP contribution in [0.3, 0.4) is 0 Å². The molecule has 0 N–H and O–H groups in total. The van der Waals surface area contributed by atoms with Gasteiger partial charge < -0.3 is 14.4 Å². The number of hydrogen-bond donors (Lipinski definition) is 0. The van der Waals surface area contributed by atoms with Gasteiger partial charge in [-0.2, -0.15) is 0 Å². The summed E-state index contributed by atoms with van der Waals surface area (Å²) in [6, 6.07) is 14.8. The predicted molar refractivity (Wildman–Crippen MR) is 98.2 cm³/mol. The van der Waals surface area contributed by atoms with Crippen molar-refractivity contribution in [2.75, 3.05) is 45.3 Å². The Morgan fingerprint density at radius 1 is 0.875 bits per heavy atom. The van der Waals surface area contributed by atoms with Gasteiger partial charge in [0.2, 0.25) is 0 Å². The molecule has 1 fully saturated rings. The Kier molecular flexibility index (Phi) is 5.26. The maximum absolute atomic E-state index is 5.34. The van der Waals surface area contributed by atoms with Crippen LogP contribution in [0.1, 0.15) is 11.1 Å².